The van der Waals surface area contributed by atoms with Gasteiger partial charge in [0, 0.05) is 32.7 Å². The first-order valence-corrected chi connectivity index (χ1v) is 11.0. The molecule has 0 fully saturated rings. The van der Waals surface area contributed by atoms with Gasteiger partial charge in [0.15, 0.2) is 0 Å². The van der Waals surface area contributed by atoms with E-state index in [0.29, 0.717) is 5.95 Å². The average Bonchev–Trinajstić information content (AvgIpc) is 3.02. The number of fused-ring (bicyclic) bond motifs is 2. The highest BCUT2D eigenvalue weighted by molar-refractivity contribution is 9.10. The predicted octanol–water partition coefficient (Wildman–Crippen LogP) is 6.27. The van der Waals surface area contributed by atoms with Gasteiger partial charge in [-0.25, -0.2) is 15.0 Å². The number of anilines is 1. The van der Waals surface area contributed by atoms with Crippen molar-refractivity contribution in [3.8, 4) is 22.5 Å². The monoisotopic (exact) mass is 521 g/mol. The molecule has 0 saturated heterocycles. The largest absolute Gasteiger partial charge is 0.369 e. The summed E-state index contributed by atoms with van der Waals surface area (Å²) in [6, 6.07) is 18.2. The lowest BCUT2D eigenvalue weighted by molar-refractivity contribution is 0.961. The molecule has 148 valence electrons. The van der Waals surface area contributed by atoms with Crippen LogP contribution in [-0.2, 0) is 7.05 Å². The summed E-state index contributed by atoms with van der Waals surface area (Å²) in [7, 11) is 1.92. The third kappa shape index (κ3) is 3.09. The Kier molecular flexibility index (Phi) is 4.60. The summed E-state index contributed by atoms with van der Waals surface area (Å²) in [5, 5.41) is 0. The highest BCUT2D eigenvalue weighted by Crippen LogP contribution is 2.35. The molecule has 2 heterocycles. The second-order valence-corrected chi connectivity index (χ2v) is 9.03. The van der Waals surface area contributed by atoms with E-state index in [-0.39, 0.29) is 0 Å². The number of nitrogens with zero attached hydrogens (tertiary/aromatic N) is 4. The summed E-state index contributed by atoms with van der Waals surface area (Å²) in [5.41, 5.74) is 14.2. The molecule has 0 saturated carbocycles. The first-order chi connectivity index (χ1) is 14.4. The molecule has 2 N–H and O–H groups in total. The number of aryl methyl sites for hydroxylation is 2. The summed E-state index contributed by atoms with van der Waals surface area (Å²) >= 11 is 7.03. The molecule has 7 heteroatoms. The molecule has 0 aliphatic carbocycles. The van der Waals surface area contributed by atoms with Crippen LogP contribution in [0.25, 0.3) is 44.6 Å². The summed E-state index contributed by atoms with van der Waals surface area (Å²) < 4.78 is 3.94. The van der Waals surface area contributed by atoms with Crippen molar-refractivity contribution < 1.29 is 0 Å². The van der Waals surface area contributed by atoms with Crippen LogP contribution in [0.3, 0.4) is 0 Å². The van der Waals surface area contributed by atoms with E-state index < -0.39 is 0 Å². The highest BCUT2D eigenvalue weighted by atomic mass is 79.9. The zero-order chi connectivity index (χ0) is 21.0. The first-order valence-electron chi connectivity index (χ1n) is 9.37. The standard InChI is InChI=1S/C23H17Br2N5/c1-12-19-17(11-18-22(12)30(2)23(26)28-18)27-20(13-3-7-15(24)8-4-13)21(29-19)14-5-9-16(25)10-6-14/h3-11H,1-2H3,(H2,26,28). The summed E-state index contributed by atoms with van der Waals surface area (Å²) in [6.45, 7) is 2.05. The molecule has 0 aliphatic heterocycles. The lowest BCUT2D eigenvalue weighted by atomic mass is 10.0. The normalized spacial score (nSPS) is 11.5. The van der Waals surface area contributed by atoms with Gasteiger partial charge in [0.1, 0.15) is 0 Å². The van der Waals surface area contributed by atoms with E-state index >= 15 is 0 Å². The first kappa shape index (κ1) is 19.2. The van der Waals surface area contributed by atoms with Crippen LogP contribution < -0.4 is 5.73 Å². The fraction of sp³-hybridized carbons (Fsp3) is 0.0870. The van der Waals surface area contributed by atoms with E-state index in [1.165, 1.54) is 0 Å². The van der Waals surface area contributed by atoms with Crippen molar-refractivity contribution in [3.63, 3.8) is 0 Å². The molecule has 0 unspecified atom stereocenters. The molecule has 5 aromatic rings. The van der Waals surface area contributed by atoms with Crippen molar-refractivity contribution in [2.45, 2.75) is 6.92 Å². The number of nitrogen functional groups attached to an aromatic ring is 1. The highest BCUT2D eigenvalue weighted by Gasteiger charge is 2.18. The van der Waals surface area contributed by atoms with E-state index in [1.54, 1.807) is 0 Å². The number of hydrogen-bond acceptors (Lipinski definition) is 4. The Balaban J connectivity index is 1.87. The van der Waals surface area contributed by atoms with Gasteiger partial charge in [0.2, 0.25) is 5.95 Å². The number of benzene rings is 3. The van der Waals surface area contributed by atoms with Gasteiger partial charge >= 0.3 is 0 Å². The molecule has 0 spiro atoms. The average molecular weight is 523 g/mol. The summed E-state index contributed by atoms with van der Waals surface area (Å²) in [6.07, 6.45) is 0. The van der Waals surface area contributed by atoms with Gasteiger partial charge in [-0.3, -0.25) is 0 Å². The lowest BCUT2D eigenvalue weighted by Crippen LogP contribution is -2.00. The Bertz CT molecular complexity index is 1420. The van der Waals surface area contributed by atoms with Crippen LogP contribution in [0.1, 0.15) is 5.56 Å². The number of rotatable bonds is 2. The van der Waals surface area contributed by atoms with Crippen molar-refractivity contribution in [1.29, 1.82) is 0 Å². The molecule has 2 aromatic heterocycles. The molecule has 0 atom stereocenters. The SMILES string of the molecule is Cc1c2nc(-c3ccc(Br)cc3)c(-c3ccc(Br)cc3)nc2cc2nc(N)n(C)c12. The number of aromatic nitrogens is 4. The van der Waals surface area contributed by atoms with Crippen LogP contribution in [0, 0.1) is 6.92 Å². The zero-order valence-corrected chi connectivity index (χ0v) is 19.5. The minimum absolute atomic E-state index is 0.477. The third-order valence-corrected chi connectivity index (χ3v) is 6.36. The topological polar surface area (TPSA) is 69.6 Å². The Morgan fingerprint density at radius 3 is 1.87 bits per heavy atom. The predicted molar refractivity (Wildman–Crippen MR) is 129 cm³/mol. The quantitative estimate of drug-likeness (QED) is 0.297. The Labute approximate surface area is 190 Å². The molecular weight excluding hydrogens is 506 g/mol. The van der Waals surface area contributed by atoms with Crippen molar-refractivity contribution in [2.75, 3.05) is 5.73 Å². The van der Waals surface area contributed by atoms with Crippen LogP contribution in [0.5, 0.6) is 0 Å². The second kappa shape index (κ2) is 7.18. The molecule has 5 rings (SSSR count). The maximum absolute atomic E-state index is 6.06. The second-order valence-electron chi connectivity index (χ2n) is 7.20. The van der Waals surface area contributed by atoms with E-state index in [9.17, 15) is 0 Å². The maximum atomic E-state index is 6.06. The number of imidazole rings is 1. The molecule has 0 amide bonds. The van der Waals surface area contributed by atoms with Gasteiger partial charge in [0.05, 0.1) is 33.5 Å². The van der Waals surface area contributed by atoms with Gasteiger partial charge in [-0.1, -0.05) is 56.1 Å². The van der Waals surface area contributed by atoms with Gasteiger partial charge in [-0.2, -0.15) is 0 Å². The van der Waals surface area contributed by atoms with Crippen LogP contribution >= 0.6 is 31.9 Å². The molecule has 3 aromatic carbocycles. The van der Waals surface area contributed by atoms with Gasteiger partial charge in [-0.05, 0) is 37.3 Å². The molecule has 0 bridgehead atoms. The molecular formula is C23H17Br2N5. The smallest absolute Gasteiger partial charge is 0.200 e. The van der Waals surface area contributed by atoms with Crippen molar-refractivity contribution in [2.24, 2.45) is 7.05 Å². The number of halogens is 2. The fourth-order valence-electron chi connectivity index (χ4n) is 3.77. The zero-order valence-electron chi connectivity index (χ0n) is 16.3. The van der Waals surface area contributed by atoms with Crippen LogP contribution in [-0.4, -0.2) is 19.5 Å². The molecule has 30 heavy (non-hydrogen) atoms. The molecule has 5 nitrogen and oxygen atoms in total. The van der Waals surface area contributed by atoms with Crippen LogP contribution in [0.15, 0.2) is 63.5 Å². The number of nitrogens with two attached hydrogens (primary N) is 1. The third-order valence-electron chi connectivity index (χ3n) is 5.30. The van der Waals surface area contributed by atoms with Crippen molar-refractivity contribution >= 4 is 59.9 Å². The van der Waals surface area contributed by atoms with Gasteiger partial charge < -0.3 is 10.3 Å². The summed E-state index contributed by atoms with van der Waals surface area (Å²) in [5.74, 6) is 0.477. The Hall–Kier alpha value is -2.77. The van der Waals surface area contributed by atoms with Crippen LogP contribution in [0.2, 0.25) is 0 Å². The van der Waals surface area contributed by atoms with E-state index in [0.717, 1.165) is 59.1 Å². The minimum Gasteiger partial charge on any atom is -0.369 e. The van der Waals surface area contributed by atoms with Crippen LogP contribution in [0.4, 0.5) is 5.95 Å². The van der Waals surface area contributed by atoms with E-state index in [1.807, 2.05) is 61.0 Å². The van der Waals surface area contributed by atoms with Gasteiger partial charge in [-0.15, -0.1) is 0 Å². The minimum atomic E-state index is 0.477. The van der Waals surface area contributed by atoms with Crippen molar-refractivity contribution in [1.82, 2.24) is 19.5 Å². The Morgan fingerprint density at radius 2 is 1.30 bits per heavy atom. The lowest BCUT2D eigenvalue weighted by Gasteiger charge is -2.13. The van der Waals surface area contributed by atoms with E-state index in [2.05, 4.69) is 49.0 Å². The van der Waals surface area contributed by atoms with Crippen molar-refractivity contribution in [3.05, 3.63) is 69.1 Å². The maximum Gasteiger partial charge on any atom is 0.200 e. The summed E-state index contributed by atoms with van der Waals surface area (Å²) in [4.78, 5) is 14.6. The number of hydrogen-bond donors (Lipinski definition) is 1. The van der Waals surface area contributed by atoms with E-state index in [4.69, 9.17) is 15.7 Å². The fourth-order valence-corrected chi connectivity index (χ4v) is 4.30. The molecule has 0 radical (unpaired) electrons. The molecule has 0 aliphatic rings. The Morgan fingerprint density at radius 1 is 0.767 bits per heavy atom. The van der Waals surface area contributed by atoms with Gasteiger partial charge in [0.25, 0.3) is 0 Å².